The number of nitrogens with one attached hydrogen (secondary N) is 1. The molecule has 2 rings (SSSR count). The minimum atomic E-state index is -3.45. The van der Waals surface area contributed by atoms with Crippen LogP contribution in [0.15, 0.2) is 48.5 Å². The van der Waals surface area contributed by atoms with E-state index in [1.165, 1.54) is 0 Å². The molecule has 118 valence electrons. The second-order valence-corrected chi connectivity index (χ2v) is 7.19. The van der Waals surface area contributed by atoms with Crippen molar-refractivity contribution in [2.75, 3.05) is 7.11 Å². The molecule has 0 heterocycles. The summed E-state index contributed by atoms with van der Waals surface area (Å²) in [5.74, 6) is 0.631. The highest BCUT2D eigenvalue weighted by atomic mass is 35.5. The summed E-state index contributed by atoms with van der Waals surface area (Å²) >= 11 is 5.88. The van der Waals surface area contributed by atoms with E-state index in [1.807, 2.05) is 12.1 Å². The van der Waals surface area contributed by atoms with Crippen LogP contribution in [0.25, 0.3) is 0 Å². The Kier molecular flexibility index (Phi) is 5.45. The number of hydrogen-bond acceptors (Lipinski definition) is 3. The fraction of sp³-hybridized carbons (Fsp3) is 0.250. The SMILES string of the molecule is COc1ccc([C@@H](C)NS(=O)(=O)Cc2cccc(Cl)c2)cc1. The molecule has 0 amide bonds. The predicted octanol–water partition coefficient (Wildman–Crippen LogP) is 3.53. The molecule has 0 aliphatic carbocycles. The van der Waals surface area contributed by atoms with Crippen LogP contribution in [-0.2, 0) is 15.8 Å². The summed E-state index contributed by atoms with van der Waals surface area (Å²) in [4.78, 5) is 0. The Morgan fingerprint density at radius 3 is 2.45 bits per heavy atom. The molecule has 0 saturated carbocycles. The summed E-state index contributed by atoms with van der Waals surface area (Å²) in [5.41, 5.74) is 1.53. The maximum atomic E-state index is 12.2. The van der Waals surface area contributed by atoms with Gasteiger partial charge in [0.05, 0.1) is 12.9 Å². The zero-order valence-corrected chi connectivity index (χ0v) is 14.0. The van der Waals surface area contributed by atoms with E-state index in [1.54, 1.807) is 50.4 Å². The van der Waals surface area contributed by atoms with Crippen molar-refractivity contribution in [2.45, 2.75) is 18.7 Å². The first-order valence-electron chi connectivity index (χ1n) is 6.78. The molecule has 0 unspecified atom stereocenters. The summed E-state index contributed by atoms with van der Waals surface area (Å²) in [6.45, 7) is 1.80. The van der Waals surface area contributed by atoms with E-state index in [0.717, 1.165) is 11.3 Å². The van der Waals surface area contributed by atoms with Gasteiger partial charge >= 0.3 is 0 Å². The van der Waals surface area contributed by atoms with Crippen molar-refractivity contribution in [2.24, 2.45) is 0 Å². The van der Waals surface area contributed by atoms with E-state index in [2.05, 4.69) is 4.72 Å². The van der Waals surface area contributed by atoms with Gasteiger partial charge in [-0.25, -0.2) is 13.1 Å². The van der Waals surface area contributed by atoms with Gasteiger partial charge in [-0.15, -0.1) is 0 Å². The number of sulfonamides is 1. The second kappa shape index (κ2) is 7.13. The summed E-state index contributed by atoms with van der Waals surface area (Å²) in [5, 5.41) is 0.524. The molecule has 1 atom stereocenters. The minimum absolute atomic E-state index is 0.103. The average molecular weight is 340 g/mol. The van der Waals surface area contributed by atoms with Crippen LogP contribution in [0.3, 0.4) is 0 Å². The number of hydrogen-bond donors (Lipinski definition) is 1. The van der Waals surface area contributed by atoms with Crippen LogP contribution in [0.4, 0.5) is 0 Å². The van der Waals surface area contributed by atoms with Crippen molar-refractivity contribution in [3.05, 3.63) is 64.7 Å². The molecule has 0 aromatic heterocycles. The Morgan fingerprint density at radius 1 is 1.18 bits per heavy atom. The van der Waals surface area contributed by atoms with Crippen molar-refractivity contribution in [3.63, 3.8) is 0 Å². The fourth-order valence-electron chi connectivity index (χ4n) is 2.12. The van der Waals surface area contributed by atoms with Gasteiger partial charge in [-0.1, -0.05) is 35.9 Å². The van der Waals surface area contributed by atoms with Gasteiger partial charge in [-0.2, -0.15) is 0 Å². The molecule has 0 aliphatic heterocycles. The maximum Gasteiger partial charge on any atom is 0.216 e. The van der Waals surface area contributed by atoms with Crippen LogP contribution in [0.2, 0.25) is 5.02 Å². The monoisotopic (exact) mass is 339 g/mol. The number of ether oxygens (including phenoxy) is 1. The molecular formula is C16H18ClNO3S. The van der Waals surface area contributed by atoms with Crippen LogP contribution in [0.1, 0.15) is 24.1 Å². The van der Waals surface area contributed by atoms with Crippen LogP contribution >= 0.6 is 11.6 Å². The van der Waals surface area contributed by atoms with Gasteiger partial charge in [0.15, 0.2) is 0 Å². The zero-order chi connectivity index (χ0) is 16.2. The van der Waals surface area contributed by atoms with Gasteiger partial charge in [0, 0.05) is 11.1 Å². The van der Waals surface area contributed by atoms with E-state index in [4.69, 9.17) is 16.3 Å². The lowest BCUT2D eigenvalue weighted by Crippen LogP contribution is -2.28. The van der Waals surface area contributed by atoms with Crippen molar-refractivity contribution in [3.8, 4) is 5.75 Å². The normalized spacial score (nSPS) is 12.9. The Bertz CT molecular complexity index is 729. The van der Waals surface area contributed by atoms with Crippen molar-refractivity contribution < 1.29 is 13.2 Å². The largest absolute Gasteiger partial charge is 0.497 e. The van der Waals surface area contributed by atoms with Crippen LogP contribution < -0.4 is 9.46 Å². The third-order valence-corrected chi connectivity index (χ3v) is 4.88. The van der Waals surface area contributed by atoms with E-state index in [-0.39, 0.29) is 11.8 Å². The summed E-state index contributed by atoms with van der Waals surface area (Å²) in [7, 11) is -1.86. The number of halogens is 1. The van der Waals surface area contributed by atoms with E-state index in [9.17, 15) is 8.42 Å². The zero-order valence-electron chi connectivity index (χ0n) is 12.4. The van der Waals surface area contributed by atoms with Gasteiger partial charge in [-0.3, -0.25) is 0 Å². The maximum absolute atomic E-state index is 12.2. The first kappa shape index (κ1) is 16.8. The first-order chi connectivity index (χ1) is 10.4. The standard InChI is InChI=1S/C16H18ClNO3S/c1-12(14-6-8-16(21-2)9-7-14)18-22(19,20)11-13-4-3-5-15(17)10-13/h3-10,12,18H,11H2,1-2H3/t12-/m1/s1. The Balaban J connectivity index is 2.07. The van der Waals surface area contributed by atoms with Crippen molar-refractivity contribution >= 4 is 21.6 Å². The predicted molar refractivity (Wildman–Crippen MR) is 88.6 cm³/mol. The van der Waals surface area contributed by atoms with Crippen molar-refractivity contribution in [1.29, 1.82) is 0 Å². The summed E-state index contributed by atoms with van der Waals surface area (Å²) < 4.78 is 32.2. The Hall–Kier alpha value is -1.56. The van der Waals surface area contributed by atoms with Crippen molar-refractivity contribution in [1.82, 2.24) is 4.72 Å². The Morgan fingerprint density at radius 2 is 1.86 bits per heavy atom. The molecule has 0 aliphatic rings. The molecule has 22 heavy (non-hydrogen) atoms. The average Bonchev–Trinajstić information content (AvgIpc) is 2.46. The molecule has 0 bridgehead atoms. The molecule has 1 N–H and O–H groups in total. The third kappa shape index (κ3) is 4.73. The smallest absolute Gasteiger partial charge is 0.216 e. The van der Waals surface area contributed by atoms with E-state index >= 15 is 0 Å². The highest BCUT2D eigenvalue weighted by molar-refractivity contribution is 7.88. The quantitative estimate of drug-likeness (QED) is 0.876. The van der Waals surface area contributed by atoms with Crippen LogP contribution in [-0.4, -0.2) is 15.5 Å². The fourth-order valence-corrected chi connectivity index (χ4v) is 3.71. The summed E-state index contributed by atoms with van der Waals surface area (Å²) in [6, 6.07) is 13.8. The lowest BCUT2D eigenvalue weighted by atomic mass is 10.1. The third-order valence-electron chi connectivity index (χ3n) is 3.22. The molecular weight excluding hydrogens is 322 g/mol. The molecule has 0 radical (unpaired) electrons. The molecule has 2 aromatic rings. The van der Waals surface area contributed by atoms with Crippen LogP contribution in [0.5, 0.6) is 5.75 Å². The molecule has 0 fully saturated rings. The topological polar surface area (TPSA) is 55.4 Å². The minimum Gasteiger partial charge on any atom is -0.497 e. The lowest BCUT2D eigenvalue weighted by molar-refractivity contribution is 0.414. The molecule has 2 aromatic carbocycles. The number of methoxy groups -OCH3 is 1. The lowest BCUT2D eigenvalue weighted by Gasteiger charge is -2.15. The molecule has 6 heteroatoms. The summed E-state index contributed by atoms with van der Waals surface area (Å²) in [6.07, 6.45) is 0. The highest BCUT2D eigenvalue weighted by Gasteiger charge is 2.16. The van der Waals surface area contributed by atoms with Gasteiger partial charge in [0.1, 0.15) is 5.75 Å². The highest BCUT2D eigenvalue weighted by Crippen LogP contribution is 2.19. The number of rotatable bonds is 6. The molecule has 0 spiro atoms. The van der Waals surface area contributed by atoms with E-state index < -0.39 is 10.0 Å². The van der Waals surface area contributed by atoms with Gasteiger partial charge in [-0.05, 0) is 42.3 Å². The van der Waals surface area contributed by atoms with Gasteiger partial charge < -0.3 is 4.74 Å². The molecule has 4 nitrogen and oxygen atoms in total. The van der Waals surface area contributed by atoms with Gasteiger partial charge in [0.2, 0.25) is 10.0 Å². The van der Waals surface area contributed by atoms with E-state index in [0.29, 0.717) is 10.6 Å². The first-order valence-corrected chi connectivity index (χ1v) is 8.81. The van der Waals surface area contributed by atoms with Gasteiger partial charge in [0.25, 0.3) is 0 Å². The van der Waals surface area contributed by atoms with Crippen LogP contribution in [0, 0.1) is 0 Å². The second-order valence-electron chi connectivity index (χ2n) is 5.00. The Labute approximate surface area is 136 Å². The number of benzene rings is 2. The molecule has 0 saturated heterocycles.